The Balaban J connectivity index is 5.25. The molecule has 11 heteroatoms. The van der Waals surface area contributed by atoms with E-state index in [-0.39, 0.29) is 0 Å². The molecular formula is C14H38O7Si4. The van der Waals surface area contributed by atoms with Gasteiger partial charge in [-0.05, 0) is 38.3 Å². The van der Waals surface area contributed by atoms with Crippen LogP contribution in [0.5, 0.6) is 0 Å². The molecule has 152 valence electrons. The minimum absolute atomic E-state index is 0.741. The van der Waals surface area contributed by atoms with Crippen LogP contribution in [0, 0.1) is 0 Å². The van der Waals surface area contributed by atoms with Crippen molar-refractivity contribution in [1.29, 1.82) is 0 Å². The molecule has 0 unspecified atom stereocenters. The van der Waals surface area contributed by atoms with E-state index in [0.29, 0.717) is 0 Å². The summed E-state index contributed by atoms with van der Waals surface area (Å²) in [7, 11) is 0.915. The summed E-state index contributed by atoms with van der Waals surface area (Å²) in [6.45, 7) is 8.93. The SMILES string of the molecule is CO[Si](CC[Si](C)(CC[Si](OC)(OC)OC)O[Si](C)(C)C)(OC)OC. The first-order valence-corrected chi connectivity index (χ1v) is 18.6. The average molecular weight is 431 g/mol. The molecular weight excluding hydrogens is 392 g/mol. The van der Waals surface area contributed by atoms with Crippen molar-refractivity contribution in [3.05, 3.63) is 0 Å². The zero-order chi connectivity index (χ0) is 19.8. The molecule has 0 aromatic heterocycles. The van der Waals surface area contributed by atoms with Crippen molar-refractivity contribution in [3.8, 4) is 0 Å². The van der Waals surface area contributed by atoms with Gasteiger partial charge in [-0.2, -0.15) is 0 Å². The van der Waals surface area contributed by atoms with Gasteiger partial charge in [-0.15, -0.1) is 0 Å². The Hall–Kier alpha value is 0.588. The van der Waals surface area contributed by atoms with E-state index in [2.05, 4.69) is 26.2 Å². The minimum atomic E-state index is -2.61. The predicted molar refractivity (Wildman–Crippen MR) is 109 cm³/mol. The summed E-state index contributed by atoms with van der Waals surface area (Å²) in [6.07, 6.45) is 0. The lowest BCUT2D eigenvalue weighted by atomic mass is 10.9. The van der Waals surface area contributed by atoms with E-state index in [1.807, 2.05) is 0 Å². The maximum atomic E-state index is 6.67. The summed E-state index contributed by atoms with van der Waals surface area (Å²) >= 11 is 0. The minimum Gasteiger partial charge on any atom is -0.456 e. The van der Waals surface area contributed by atoms with Crippen LogP contribution in [0.2, 0.25) is 50.4 Å². The molecule has 0 rings (SSSR count). The summed E-state index contributed by atoms with van der Waals surface area (Å²) in [6, 6.07) is 3.29. The van der Waals surface area contributed by atoms with E-state index in [0.717, 1.165) is 24.2 Å². The Kier molecular flexibility index (Phi) is 11.1. The highest BCUT2D eigenvalue weighted by molar-refractivity contribution is 6.86. The summed E-state index contributed by atoms with van der Waals surface area (Å²) in [5.41, 5.74) is 0. The zero-order valence-electron chi connectivity index (χ0n) is 17.7. The molecule has 0 bridgehead atoms. The van der Waals surface area contributed by atoms with Crippen LogP contribution < -0.4 is 0 Å². The van der Waals surface area contributed by atoms with E-state index < -0.39 is 34.2 Å². The van der Waals surface area contributed by atoms with Crippen LogP contribution in [-0.2, 0) is 30.7 Å². The topological polar surface area (TPSA) is 64.6 Å². The quantitative estimate of drug-likeness (QED) is 0.392. The van der Waals surface area contributed by atoms with Crippen molar-refractivity contribution in [2.45, 2.75) is 50.4 Å². The highest BCUT2D eigenvalue weighted by Crippen LogP contribution is 2.32. The van der Waals surface area contributed by atoms with Gasteiger partial charge >= 0.3 is 17.6 Å². The fourth-order valence-corrected chi connectivity index (χ4v) is 18.8. The normalized spacial score (nSPS) is 14.2. The van der Waals surface area contributed by atoms with Gasteiger partial charge in [0.2, 0.25) is 0 Å². The molecule has 0 amide bonds. The lowest BCUT2D eigenvalue weighted by molar-refractivity contribution is 0.124. The van der Waals surface area contributed by atoms with Crippen LogP contribution in [0.4, 0.5) is 0 Å². The summed E-state index contributed by atoms with van der Waals surface area (Å²) < 4.78 is 40.1. The van der Waals surface area contributed by atoms with Crippen LogP contribution >= 0.6 is 0 Å². The first-order valence-electron chi connectivity index (χ1n) is 8.50. The van der Waals surface area contributed by atoms with Crippen molar-refractivity contribution in [2.24, 2.45) is 0 Å². The van der Waals surface area contributed by atoms with E-state index in [1.54, 1.807) is 42.7 Å². The second-order valence-corrected chi connectivity index (χ2v) is 22.4. The molecule has 25 heavy (non-hydrogen) atoms. The number of hydrogen-bond acceptors (Lipinski definition) is 7. The van der Waals surface area contributed by atoms with Crippen molar-refractivity contribution in [3.63, 3.8) is 0 Å². The lowest BCUT2D eigenvalue weighted by Gasteiger charge is -2.37. The Morgan fingerprint density at radius 1 is 0.480 bits per heavy atom. The van der Waals surface area contributed by atoms with Gasteiger partial charge in [-0.1, -0.05) is 0 Å². The van der Waals surface area contributed by atoms with Crippen LogP contribution in [0.3, 0.4) is 0 Å². The molecule has 7 nitrogen and oxygen atoms in total. The Morgan fingerprint density at radius 3 is 0.960 bits per heavy atom. The van der Waals surface area contributed by atoms with Gasteiger partial charge < -0.3 is 30.7 Å². The standard InChI is InChI=1S/C14H38O7Si4/c1-15-24(16-2,17-3)13-11-23(10,21-22(7,8)9)12-14-25(18-4,19-5)20-6/h11-14H2,1-10H3. The Bertz CT molecular complexity index is 330. The van der Waals surface area contributed by atoms with Gasteiger partial charge in [0, 0.05) is 54.7 Å². The number of hydrogen-bond donors (Lipinski definition) is 0. The van der Waals surface area contributed by atoms with Crippen LogP contribution in [0.1, 0.15) is 0 Å². The predicted octanol–water partition coefficient (Wildman–Crippen LogP) is 3.17. The maximum absolute atomic E-state index is 6.67. The van der Waals surface area contributed by atoms with Crippen LogP contribution in [0.25, 0.3) is 0 Å². The molecule has 0 aromatic carbocycles. The average Bonchev–Trinajstić information content (AvgIpc) is 2.57. The number of rotatable bonds is 14. The van der Waals surface area contributed by atoms with E-state index in [9.17, 15) is 0 Å². The first kappa shape index (κ1) is 25.6. The van der Waals surface area contributed by atoms with Gasteiger partial charge in [0.05, 0.1) is 0 Å². The molecule has 0 spiro atoms. The second kappa shape index (κ2) is 10.8. The molecule has 0 saturated heterocycles. The van der Waals surface area contributed by atoms with Crippen molar-refractivity contribution < 1.29 is 30.7 Å². The first-order chi connectivity index (χ1) is 11.5. The van der Waals surface area contributed by atoms with Gasteiger partial charge in [0.1, 0.15) is 0 Å². The highest BCUT2D eigenvalue weighted by atomic mass is 28.4. The van der Waals surface area contributed by atoms with Crippen LogP contribution in [-0.4, -0.2) is 76.9 Å². The summed E-state index contributed by atoms with van der Waals surface area (Å²) in [5.74, 6) is 0. The summed E-state index contributed by atoms with van der Waals surface area (Å²) in [4.78, 5) is 0. The van der Waals surface area contributed by atoms with E-state index >= 15 is 0 Å². The lowest BCUT2D eigenvalue weighted by Crippen LogP contribution is -2.51. The molecule has 0 fully saturated rings. The third-order valence-corrected chi connectivity index (χ3v) is 17.8. The smallest absolute Gasteiger partial charge is 0.456 e. The van der Waals surface area contributed by atoms with Gasteiger partial charge in [0.15, 0.2) is 16.6 Å². The molecule has 0 atom stereocenters. The summed E-state index contributed by atoms with van der Waals surface area (Å²) in [5, 5.41) is 0. The van der Waals surface area contributed by atoms with E-state index in [4.69, 9.17) is 30.7 Å². The van der Waals surface area contributed by atoms with Gasteiger partial charge in [-0.3, -0.25) is 0 Å². The highest BCUT2D eigenvalue weighted by Gasteiger charge is 2.46. The largest absolute Gasteiger partial charge is 0.499 e. The van der Waals surface area contributed by atoms with Crippen molar-refractivity contribution in [1.82, 2.24) is 0 Å². The Morgan fingerprint density at radius 2 is 0.760 bits per heavy atom. The fraction of sp³-hybridized carbons (Fsp3) is 1.00. The molecule has 0 heterocycles. The maximum Gasteiger partial charge on any atom is 0.499 e. The van der Waals surface area contributed by atoms with Gasteiger partial charge in [-0.25, -0.2) is 0 Å². The molecule has 0 radical (unpaired) electrons. The third-order valence-electron chi connectivity index (χ3n) is 4.34. The zero-order valence-corrected chi connectivity index (χ0v) is 21.7. The van der Waals surface area contributed by atoms with Crippen molar-refractivity contribution in [2.75, 3.05) is 42.7 Å². The third kappa shape index (κ3) is 8.42. The second-order valence-electron chi connectivity index (χ2n) is 7.26. The van der Waals surface area contributed by atoms with Crippen molar-refractivity contribution >= 4 is 34.2 Å². The Labute approximate surface area is 158 Å². The van der Waals surface area contributed by atoms with Crippen LogP contribution in [0.15, 0.2) is 0 Å². The molecule has 0 aliphatic rings. The van der Waals surface area contributed by atoms with Gasteiger partial charge in [0.25, 0.3) is 0 Å². The molecule has 0 saturated carbocycles. The fourth-order valence-electron chi connectivity index (χ4n) is 2.91. The molecule has 0 N–H and O–H groups in total. The monoisotopic (exact) mass is 430 g/mol. The molecule has 0 aromatic rings. The van der Waals surface area contributed by atoms with E-state index in [1.165, 1.54) is 0 Å². The molecule has 0 aliphatic heterocycles. The molecule has 0 aliphatic carbocycles.